The predicted molar refractivity (Wildman–Crippen MR) is 127 cm³/mol. The molecule has 0 N–H and O–H groups in total. The van der Waals surface area contributed by atoms with Gasteiger partial charge in [-0.05, 0) is 63.2 Å². The lowest BCUT2D eigenvalue weighted by molar-refractivity contribution is 0.0639. The summed E-state index contributed by atoms with van der Waals surface area (Å²) in [7, 11) is 0. The van der Waals surface area contributed by atoms with Crippen molar-refractivity contribution in [2.45, 2.75) is 33.4 Å². The van der Waals surface area contributed by atoms with Crippen molar-refractivity contribution in [3.8, 4) is 11.3 Å². The minimum atomic E-state index is -0.541. The highest BCUT2D eigenvalue weighted by molar-refractivity contribution is 6.31. The Balaban J connectivity index is 1.72. The van der Waals surface area contributed by atoms with Gasteiger partial charge in [0.15, 0.2) is 0 Å². The molecule has 1 aromatic heterocycles. The van der Waals surface area contributed by atoms with Crippen LogP contribution in [-0.4, -0.2) is 45.1 Å². The minimum Gasteiger partial charge on any atom is -0.336 e. The fourth-order valence-electron chi connectivity index (χ4n) is 4.13. The molecule has 174 valence electrons. The average molecular weight is 480 g/mol. The first-order valence-corrected chi connectivity index (χ1v) is 11.3. The number of aromatic nitrogens is 1. The molecule has 0 unspecified atom stereocenters. The Hall–Kier alpha value is -3.58. The van der Waals surface area contributed by atoms with Gasteiger partial charge in [0.25, 0.3) is 17.7 Å². The van der Waals surface area contributed by atoms with Crippen molar-refractivity contribution in [1.29, 1.82) is 0 Å². The van der Waals surface area contributed by atoms with E-state index in [4.69, 9.17) is 11.6 Å². The van der Waals surface area contributed by atoms with Crippen molar-refractivity contribution in [1.82, 2.24) is 14.8 Å². The van der Waals surface area contributed by atoms with Crippen LogP contribution in [0.25, 0.3) is 11.3 Å². The lowest BCUT2D eigenvalue weighted by atomic mass is 10.0. The van der Waals surface area contributed by atoms with Crippen molar-refractivity contribution >= 4 is 29.3 Å². The molecule has 2 heterocycles. The van der Waals surface area contributed by atoms with E-state index in [-0.39, 0.29) is 24.1 Å². The number of pyridine rings is 1. The Morgan fingerprint density at radius 2 is 1.68 bits per heavy atom. The lowest BCUT2D eigenvalue weighted by Gasteiger charge is -2.26. The first-order chi connectivity index (χ1) is 16.2. The number of amides is 3. The van der Waals surface area contributed by atoms with Gasteiger partial charge in [0.2, 0.25) is 0 Å². The number of carbonyl (C=O) groups excluding carboxylic acids is 3. The number of imide groups is 1. The molecule has 4 rings (SSSR count). The molecule has 0 aliphatic carbocycles. The van der Waals surface area contributed by atoms with Gasteiger partial charge in [-0.1, -0.05) is 23.7 Å². The van der Waals surface area contributed by atoms with Gasteiger partial charge in [-0.15, -0.1) is 0 Å². The van der Waals surface area contributed by atoms with Crippen LogP contribution < -0.4 is 0 Å². The molecule has 6 nitrogen and oxygen atoms in total. The number of benzene rings is 2. The summed E-state index contributed by atoms with van der Waals surface area (Å²) in [6.07, 6.45) is 0. The molecule has 3 aromatic rings. The highest BCUT2D eigenvalue weighted by Crippen LogP contribution is 2.29. The summed E-state index contributed by atoms with van der Waals surface area (Å²) < 4.78 is 14.1. The smallest absolute Gasteiger partial charge is 0.261 e. The molecule has 3 amide bonds. The van der Waals surface area contributed by atoms with Crippen LogP contribution in [0.5, 0.6) is 0 Å². The van der Waals surface area contributed by atoms with E-state index in [2.05, 4.69) is 4.98 Å². The third-order valence-electron chi connectivity index (χ3n) is 5.75. The summed E-state index contributed by atoms with van der Waals surface area (Å²) in [6.45, 7) is 6.00. The van der Waals surface area contributed by atoms with Crippen LogP contribution in [0.4, 0.5) is 4.39 Å². The molecule has 0 bridgehead atoms. The van der Waals surface area contributed by atoms with E-state index in [9.17, 15) is 18.8 Å². The van der Waals surface area contributed by atoms with Crippen LogP contribution in [0.15, 0.2) is 54.6 Å². The zero-order chi connectivity index (χ0) is 24.6. The van der Waals surface area contributed by atoms with Gasteiger partial charge >= 0.3 is 0 Å². The number of hydrogen-bond donors (Lipinski definition) is 0. The van der Waals surface area contributed by atoms with E-state index >= 15 is 0 Å². The third-order valence-corrected chi connectivity index (χ3v) is 5.97. The number of rotatable bonds is 6. The highest BCUT2D eigenvalue weighted by atomic mass is 35.5. The fraction of sp³-hybridized carbons (Fsp3) is 0.231. The van der Waals surface area contributed by atoms with E-state index in [1.54, 1.807) is 41.3 Å². The van der Waals surface area contributed by atoms with Crippen LogP contribution in [0.2, 0.25) is 5.02 Å². The summed E-state index contributed by atoms with van der Waals surface area (Å²) in [4.78, 5) is 46.1. The molecule has 0 atom stereocenters. The van der Waals surface area contributed by atoms with Crippen molar-refractivity contribution in [2.75, 3.05) is 6.54 Å². The fourth-order valence-corrected chi connectivity index (χ4v) is 4.36. The molecule has 34 heavy (non-hydrogen) atoms. The lowest BCUT2D eigenvalue weighted by Crippen LogP contribution is -2.37. The third kappa shape index (κ3) is 4.31. The molecule has 1 aliphatic rings. The molecule has 0 fully saturated rings. The van der Waals surface area contributed by atoms with Crippen LogP contribution >= 0.6 is 11.6 Å². The van der Waals surface area contributed by atoms with Crippen LogP contribution in [0.1, 0.15) is 57.5 Å². The minimum absolute atomic E-state index is 0.0784. The highest BCUT2D eigenvalue weighted by Gasteiger charge is 2.35. The first-order valence-electron chi connectivity index (χ1n) is 10.9. The SMILES string of the molecule is CCN(C(=O)c1cc(F)ccc1-c1cc(Cl)cc(CN2C(=O)c3ccccc3C2=O)n1)C(C)C. The van der Waals surface area contributed by atoms with Crippen molar-refractivity contribution in [2.24, 2.45) is 0 Å². The second kappa shape index (κ2) is 9.35. The van der Waals surface area contributed by atoms with E-state index < -0.39 is 17.6 Å². The van der Waals surface area contributed by atoms with Gasteiger partial charge in [0, 0.05) is 23.2 Å². The summed E-state index contributed by atoms with van der Waals surface area (Å²) in [5.74, 6) is -1.68. The Bertz CT molecular complexity index is 1270. The van der Waals surface area contributed by atoms with Crippen LogP contribution in [-0.2, 0) is 6.54 Å². The Morgan fingerprint density at radius 3 is 2.26 bits per heavy atom. The summed E-state index contributed by atoms with van der Waals surface area (Å²) in [5, 5.41) is 0.315. The number of halogens is 2. The predicted octanol–water partition coefficient (Wildman–Crippen LogP) is 5.21. The number of nitrogens with zero attached hydrogens (tertiary/aromatic N) is 3. The zero-order valence-electron chi connectivity index (χ0n) is 19.0. The Morgan fingerprint density at radius 1 is 1.03 bits per heavy atom. The first kappa shape index (κ1) is 23.6. The maximum absolute atomic E-state index is 14.1. The van der Waals surface area contributed by atoms with Gasteiger partial charge < -0.3 is 4.90 Å². The van der Waals surface area contributed by atoms with Gasteiger partial charge in [-0.25, -0.2) is 4.39 Å². The largest absolute Gasteiger partial charge is 0.336 e. The second-order valence-electron chi connectivity index (χ2n) is 8.28. The molecule has 0 radical (unpaired) electrons. The molecule has 1 aliphatic heterocycles. The maximum Gasteiger partial charge on any atom is 0.261 e. The van der Waals surface area contributed by atoms with Gasteiger partial charge in [0.05, 0.1) is 34.6 Å². The average Bonchev–Trinajstić information content (AvgIpc) is 3.04. The summed E-state index contributed by atoms with van der Waals surface area (Å²) >= 11 is 6.35. The molecule has 0 saturated carbocycles. The van der Waals surface area contributed by atoms with Crippen molar-refractivity contribution in [3.63, 3.8) is 0 Å². The summed E-state index contributed by atoms with van der Waals surface area (Å²) in [5.41, 5.74) is 1.98. The van der Waals surface area contributed by atoms with Crippen molar-refractivity contribution in [3.05, 3.63) is 87.8 Å². The topological polar surface area (TPSA) is 70.6 Å². The van der Waals surface area contributed by atoms with E-state index in [0.717, 1.165) is 4.90 Å². The molecule has 8 heteroatoms. The molecule has 2 aromatic carbocycles. The molecular formula is C26H23ClFN3O3. The van der Waals surface area contributed by atoms with Gasteiger partial charge in [0.1, 0.15) is 5.82 Å². The van der Waals surface area contributed by atoms with E-state index in [1.807, 2.05) is 20.8 Å². The number of hydrogen-bond acceptors (Lipinski definition) is 4. The molecule has 0 spiro atoms. The van der Waals surface area contributed by atoms with Gasteiger partial charge in [-0.2, -0.15) is 0 Å². The quantitative estimate of drug-likeness (QED) is 0.455. The zero-order valence-corrected chi connectivity index (χ0v) is 19.8. The normalized spacial score (nSPS) is 12.9. The molecule has 0 saturated heterocycles. The maximum atomic E-state index is 14.1. The van der Waals surface area contributed by atoms with E-state index in [0.29, 0.717) is 39.6 Å². The standard InChI is InChI=1S/C26H23ClFN3O3/c1-4-30(15(2)3)26(34)22-13-17(28)9-10-19(22)23-12-16(27)11-18(29-23)14-31-24(32)20-7-5-6-8-21(20)25(31)33/h5-13,15H,4,14H2,1-3H3. The monoisotopic (exact) mass is 479 g/mol. The summed E-state index contributed by atoms with van der Waals surface area (Å²) in [6, 6.07) is 13.6. The van der Waals surface area contributed by atoms with Crippen molar-refractivity contribution < 1.29 is 18.8 Å². The molecular weight excluding hydrogens is 457 g/mol. The Labute approximate surface area is 202 Å². The van der Waals surface area contributed by atoms with E-state index in [1.165, 1.54) is 18.2 Å². The second-order valence-corrected chi connectivity index (χ2v) is 8.72. The number of carbonyl (C=O) groups is 3. The van der Waals surface area contributed by atoms with Crippen LogP contribution in [0.3, 0.4) is 0 Å². The Kier molecular flexibility index (Phi) is 6.48. The number of fused-ring (bicyclic) bond motifs is 1. The van der Waals surface area contributed by atoms with Crippen LogP contribution in [0, 0.1) is 5.82 Å². The van der Waals surface area contributed by atoms with Gasteiger partial charge in [-0.3, -0.25) is 24.3 Å².